The summed E-state index contributed by atoms with van der Waals surface area (Å²) in [5, 5.41) is 1.57. The van der Waals surface area contributed by atoms with Crippen molar-refractivity contribution in [1.82, 2.24) is 0 Å². The van der Waals surface area contributed by atoms with E-state index in [4.69, 9.17) is 15.2 Å². The van der Waals surface area contributed by atoms with Crippen molar-refractivity contribution in [3.8, 4) is 11.5 Å². The number of nitrogens with two attached hydrogens (primary N) is 1. The number of sulfonamides is 1. The van der Waals surface area contributed by atoms with Crippen LogP contribution < -0.4 is 19.9 Å². The molecule has 0 bridgehead atoms. The predicted molar refractivity (Wildman–Crippen MR) is 80.5 cm³/mol. The Kier molecular flexibility index (Phi) is 3.75. The van der Waals surface area contributed by atoms with Crippen LogP contribution in [0.1, 0.15) is 4.88 Å². The fourth-order valence-electron chi connectivity index (χ4n) is 1.93. The number of anilines is 1. The second-order valence-corrected chi connectivity index (χ2v) is 7.09. The Balaban J connectivity index is 1.85. The fraction of sp³-hybridized carbons (Fsp3) is 0.231. The zero-order valence-corrected chi connectivity index (χ0v) is 12.7. The molecule has 1 aromatic heterocycles. The predicted octanol–water partition coefficient (Wildman–Crippen LogP) is 1.78. The molecule has 21 heavy (non-hydrogen) atoms. The molecule has 112 valence electrons. The van der Waals surface area contributed by atoms with Crippen molar-refractivity contribution in [2.45, 2.75) is 11.4 Å². The van der Waals surface area contributed by atoms with E-state index in [1.807, 2.05) is 0 Å². The quantitative estimate of drug-likeness (QED) is 0.894. The number of nitrogens with one attached hydrogen (secondary N) is 1. The highest BCUT2D eigenvalue weighted by Gasteiger charge is 2.18. The zero-order chi connectivity index (χ0) is 14.9. The monoisotopic (exact) mass is 326 g/mol. The van der Waals surface area contributed by atoms with Gasteiger partial charge in [-0.2, -0.15) is 0 Å². The molecular weight excluding hydrogens is 312 g/mol. The maximum Gasteiger partial charge on any atom is 0.262 e. The van der Waals surface area contributed by atoms with Crippen molar-refractivity contribution < 1.29 is 17.9 Å². The molecule has 1 aromatic carbocycles. The molecule has 2 aromatic rings. The molecule has 1 aliphatic heterocycles. The Hall–Kier alpha value is -1.77. The van der Waals surface area contributed by atoms with Crippen molar-refractivity contribution in [1.29, 1.82) is 0 Å². The molecule has 0 amide bonds. The number of hydrogen-bond donors (Lipinski definition) is 2. The lowest BCUT2D eigenvalue weighted by molar-refractivity contribution is 0.171. The van der Waals surface area contributed by atoms with Crippen LogP contribution in [-0.4, -0.2) is 21.6 Å². The smallest absolute Gasteiger partial charge is 0.262 e. The maximum atomic E-state index is 12.3. The van der Waals surface area contributed by atoms with Gasteiger partial charge in [0.05, 0.1) is 10.6 Å². The van der Waals surface area contributed by atoms with Gasteiger partial charge in [0.2, 0.25) is 0 Å². The summed E-state index contributed by atoms with van der Waals surface area (Å²) in [4.78, 5) is 1.03. The summed E-state index contributed by atoms with van der Waals surface area (Å²) in [5.74, 6) is 1.15. The van der Waals surface area contributed by atoms with E-state index < -0.39 is 10.0 Å². The second-order valence-electron chi connectivity index (χ2n) is 4.42. The third-order valence-electron chi connectivity index (χ3n) is 2.94. The molecule has 0 radical (unpaired) electrons. The maximum absolute atomic E-state index is 12.3. The largest absolute Gasteiger partial charge is 0.486 e. The summed E-state index contributed by atoms with van der Waals surface area (Å²) in [6, 6.07) is 6.51. The second kappa shape index (κ2) is 5.55. The van der Waals surface area contributed by atoms with Crippen molar-refractivity contribution in [2.24, 2.45) is 5.73 Å². The topological polar surface area (TPSA) is 90.7 Å². The lowest BCUT2D eigenvalue weighted by Gasteiger charge is -2.19. The first-order valence-corrected chi connectivity index (χ1v) is 8.65. The Bertz CT molecular complexity index is 755. The zero-order valence-electron chi connectivity index (χ0n) is 11.0. The standard InChI is InChI=1S/C13H14N2O4S2/c14-7-10-6-11(8-20-10)21(16,17)15-9-1-2-12-13(5-9)19-4-3-18-12/h1-2,5-6,8,15H,3-4,7,14H2. The van der Waals surface area contributed by atoms with Crippen molar-refractivity contribution in [3.05, 3.63) is 34.5 Å². The van der Waals surface area contributed by atoms with Gasteiger partial charge in [0, 0.05) is 22.9 Å². The number of ether oxygens (including phenoxy) is 2. The molecular formula is C13H14N2O4S2. The van der Waals surface area contributed by atoms with Crippen LogP contribution in [0.4, 0.5) is 5.69 Å². The molecule has 0 aliphatic carbocycles. The number of fused-ring (bicyclic) bond motifs is 1. The van der Waals surface area contributed by atoms with E-state index in [-0.39, 0.29) is 4.90 Å². The number of benzene rings is 1. The molecule has 1 aliphatic rings. The Morgan fingerprint density at radius 2 is 1.95 bits per heavy atom. The van der Waals surface area contributed by atoms with E-state index >= 15 is 0 Å². The third kappa shape index (κ3) is 2.97. The van der Waals surface area contributed by atoms with Gasteiger partial charge in [-0.3, -0.25) is 4.72 Å². The summed E-state index contributed by atoms with van der Waals surface area (Å²) in [6.45, 7) is 1.27. The first-order valence-electron chi connectivity index (χ1n) is 6.28. The van der Waals surface area contributed by atoms with E-state index in [2.05, 4.69) is 4.72 Å². The minimum Gasteiger partial charge on any atom is -0.486 e. The fourth-order valence-corrected chi connectivity index (χ4v) is 4.13. The van der Waals surface area contributed by atoms with Gasteiger partial charge in [-0.25, -0.2) is 8.42 Å². The average molecular weight is 326 g/mol. The molecule has 3 N–H and O–H groups in total. The van der Waals surface area contributed by atoms with E-state index in [1.165, 1.54) is 11.3 Å². The summed E-state index contributed by atoms with van der Waals surface area (Å²) in [6.07, 6.45) is 0. The van der Waals surface area contributed by atoms with Crippen LogP contribution in [0.15, 0.2) is 34.5 Å². The van der Waals surface area contributed by atoms with Crippen molar-refractivity contribution in [3.63, 3.8) is 0 Å². The molecule has 8 heteroatoms. The molecule has 0 saturated carbocycles. The van der Waals surface area contributed by atoms with Crippen LogP contribution >= 0.6 is 11.3 Å². The summed E-state index contributed by atoms with van der Waals surface area (Å²) in [5.41, 5.74) is 5.93. The SMILES string of the molecule is NCc1cc(S(=O)(=O)Nc2ccc3c(c2)OCCO3)cs1. The van der Waals surface area contributed by atoms with Gasteiger partial charge in [-0.1, -0.05) is 0 Å². The van der Waals surface area contributed by atoms with E-state index in [1.54, 1.807) is 29.6 Å². The molecule has 6 nitrogen and oxygen atoms in total. The van der Waals surface area contributed by atoms with Crippen LogP contribution in [-0.2, 0) is 16.6 Å². The van der Waals surface area contributed by atoms with Gasteiger partial charge in [0.25, 0.3) is 10.0 Å². The number of thiophene rings is 1. The van der Waals surface area contributed by atoms with Crippen LogP contribution in [0.3, 0.4) is 0 Å². The minimum atomic E-state index is -3.62. The number of rotatable bonds is 4. The summed E-state index contributed by atoms with van der Waals surface area (Å²) in [7, 11) is -3.62. The minimum absolute atomic E-state index is 0.211. The molecule has 0 atom stereocenters. The lowest BCUT2D eigenvalue weighted by Crippen LogP contribution is -2.16. The normalized spacial score (nSPS) is 14.0. The molecule has 0 fully saturated rings. The van der Waals surface area contributed by atoms with E-state index in [0.717, 1.165) is 4.88 Å². The van der Waals surface area contributed by atoms with Crippen LogP contribution in [0.25, 0.3) is 0 Å². The molecule has 0 spiro atoms. The van der Waals surface area contributed by atoms with Gasteiger partial charge in [0.1, 0.15) is 13.2 Å². The Labute approximate surface area is 126 Å². The highest BCUT2D eigenvalue weighted by atomic mass is 32.2. The van der Waals surface area contributed by atoms with Gasteiger partial charge in [0.15, 0.2) is 11.5 Å². The van der Waals surface area contributed by atoms with Crippen LogP contribution in [0.5, 0.6) is 11.5 Å². The van der Waals surface area contributed by atoms with Crippen molar-refractivity contribution >= 4 is 27.0 Å². The van der Waals surface area contributed by atoms with Crippen LogP contribution in [0, 0.1) is 0 Å². The first-order chi connectivity index (χ1) is 10.1. The van der Waals surface area contributed by atoms with Gasteiger partial charge in [-0.15, -0.1) is 11.3 Å². The van der Waals surface area contributed by atoms with Gasteiger partial charge < -0.3 is 15.2 Å². The van der Waals surface area contributed by atoms with Crippen molar-refractivity contribution in [2.75, 3.05) is 17.9 Å². The van der Waals surface area contributed by atoms with Gasteiger partial charge >= 0.3 is 0 Å². The van der Waals surface area contributed by atoms with E-state index in [0.29, 0.717) is 36.9 Å². The molecule has 2 heterocycles. The first kappa shape index (κ1) is 14.2. The molecule has 0 saturated heterocycles. The molecule has 3 rings (SSSR count). The highest BCUT2D eigenvalue weighted by molar-refractivity contribution is 7.92. The number of hydrogen-bond acceptors (Lipinski definition) is 6. The van der Waals surface area contributed by atoms with Crippen LogP contribution in [0.2, 0.25) is 0 Å². The lowest BCUT2D eigenvalue weighted by atomic mass is 10.3. The van der Waals surface area contributed by atoms with Gasteiger partial charge in [-0.05, 0) is 18.2 Å². The third-order valence-corrected chi connectivity index (χ3v) is 5.40. The Morgan fingerprint density at radius 3 is 2.67 bits per heavy atom. The average Bonchev–Trinajstić information content (AvgIpc) is 2.96. The summed E-state index contributed by atoms with van der Waals surface area (Å²) >= 11 is 1.32. The highest BCUT2D eigenvalue weighted by Crippen LogP contribution is 2.33. The molecule has 0 unspecified atom stereocenters. The summed E-state index contributed by atoms with van der Waals surface area (Å²) < 4.78 is 37.9. The Morgan fingerprint density at radius 1 is 1.19 bits per heavy atom. The van der Waals surface area contributed by atoms with E-state index in [9.17, 15) is 8.42 Å².